The Morgan fingerprint density at radius 1 is 1.27 bits per heavy atom. The Balaban J connectivity index is 0.00000111. The summed E-state index contributed by atoms with van der Waals surface area (Å²) < 4.78 is 23.7. The van der Waals surface area contributed by atoms with Crippen molar-refractivity contribution < 1.29 is 28.2 Å². The first kappa shape index (κ1) is 29.6. The number of ketones is 1. The molecule has 8 heteroatoms. The summed E-state index contributed by atoms with van der Waals surface area (Å²) >= 11 is 0. The van der Waals surface area contributed by atoms with Gasteiger partial charge in [-0.05, 0) is 47.6 Å². The first-order valence-corrected chi connectivity index (χ1v) is 10.5. The number of likely N-dealkylation sites (N-methyl/N-ethyl adjacent to an activating group) is 1. The molecule has 0 spiro atoms. The quantitative estimate of drug-likeness (QED) is 0.363. The van der Waals surface area contributed by atoms with Gasteiger partial charge in [-0.1, -0.05) is 36.0 Å². The molecule has 2 N–H and O–H groups in total. The van der Waals surface area contributed by atoms with Gasteiger partial charge < -0.3 is 20.1 Å². The lowest BCUT2D eigenvalue weighted by Gasteiger charge is -2.22. The summed E-state index contributed by atoms with van der Waals surface area (Å²) in [5.41, 5.74) is 7.33. The maximum Gasteiger partial charge on any atom is 0.381 e. The normalized spacial score (nSPS) is 16.8. The number of esters is 1. The fourth-order valence-electron chi connectivity index (χ4n) is 2.70. The van der Waals surface area contributed by atoms with Gasteiger partial charge in [0.15, 0.2) is 0 Å². The van der Waals surface area contributed by atoms with Crippen LogP contribution in [0.15, 0.2) is 71.2 Å². The smallest absolute Gasteiger partial charge is 0.381 e. The van der Waals surface area contributed by atoms with Gasteiger partial charge >= 0.3 is 12.3 Å². The molecule has 0 saturated heterocycles. The molecule has 2 unspecified atom stereocenters. The van der Waals surface area contributed by atoms with Crippen molar-refractivity contribution in [3.63, 3.8) is 0 Å². The molecule has 0 aromatic rings. The molecule has 0 aromatic carbocycles. The highest BCUT2D eigenvalue weighted by Gasteiger charge is 2.39. The van der Waals surface area contributed by atoms with Crippen molar-refractivity contribution in [3.05, 3.63) is 71.2 Å². The zero-order chi connectivity index (χ0) is 25.7. The van der Waals surface area contributed by atoms with Gasteiger partial charge in [-0.25, -0.2) is 4.79 Å². The number of alkyl halides is 1. The number of halogens is 1. The second-order valence-electron chi connectivity index (χ2n) is 7.19. The minimum Gasteiger partial charge on any atom is -0.461 e. The number of nitrogens with zero attached hydrogens (tertiary/aromatic N) is 1. The number of fused-ring (bicyclic) bond motifs is 1. The largest absolute Gasteiger partial charge is 0.461 e. The van der Waals surface area contributed by atoms with E-state index < -0.39 is 30.1 Å². The topological polar surface area (TPSA) is 98.9 Å². The third-order valence-electron chi connectivity index (χ3n) is 4.52. The van der Waals surface area contributed by atoms with Crippen LogP contribution in [0.3, 0.4) is 0 Å². The maximum atomic E-state index is 14.0. The van der Waals surface area contributed by atoms with Gasteiger partial charge in [-0.2, -0.15) is 4.39 Å². The summed E-state index contributed by atoms with van der Waals surface area (Å²) in [6.45, 7) is 14.6. The summed E-state index contributed by atoms with van der Waals surface area (Å²) in [5, 5.41) is 0. The van der Waals surface area contributed by atoms with Crippen molar-refractivity contribution in [1.82, 2.24) is 4.90 Å². The van der Waals surface area contributed by atoms with Crippen molar-refractivity contribution in [2.75, 3.05) is 13.7 Å². The number of primary amides is 1. The van der Waals surface area contributed by atoms with E-state index in [1.54, 1.807) is 50.1 Å². The average Bonchev–Trinajstić information content (AvgIpc) is 2.89. The van der Waals surface area contributed by atoms with Crippen LogP contribution in [0.5, 0.6) is 0 Å². The number of carbonyl (C=O) groups excluding carboxylic acids is 3. The zero-order valence-corrected chi connectivity index (χ0v) is 20.5. The van der Waals surface area contributed by atoms with Crippen LogP contribution in [0.2, 0.25) is 0 Å². The molecule has 2 atom stereocenters. The highest BCUT2D eigenvalue weighted by molar-refractivity contribution is 6.43. The molecule has 1 heterocycles. The van der Waals surface area contributed by atoms with Crippen LogP contribution in [0.4, 0.5) is 4.39 Å². The second kappa shape index (κ2) is 14.6. The third kappa shape index (κ3) is 8.56. The highest BCUT2D eigenvalue weighted by Crippen LogP contribution is 2.37. The van der Waals surface area contributed by atoms with Gasteiger partial charge in [0.2, 0.25) is 0 Å². The van der Waals surface area contributed by atoms with Crippen LogP contribution in [-0.4, -0.2) is 48.6 Å². The summed E-state index contributed by atoms with van der Waals surface area (Å²) in [6.07, 6.45) is 7.92. The number of hydrogen-bond acceptors (Lipinski definition) is 6. The van der Waals surface area contributed by atoms with Gasteiger partial charge in [0, 0.05) is 18.3 Å². The summed E-state index contributed by atoms with van der Waals surface area (Å²) in [5.74, 6) is -3.25. The van der Waals surface area contributed by atoms with E-state index in [0.717, 1.165) is 0 Å². The molecule has 7 nitrogen and oxygen atoms in total. The summed E-state index contributed by atoms with van der Waals surface area (Å²) in [6, 6.07) is -0.460. The fourth-order valence-corrected chi connectivity index (χ4v) is 2.70. The Hall–Kier alpha value is -3.42. The number of amides is 1. The minimum absolute atomic E-state index is 0.00168. The lowest BCUT2D eigenvalue weighted by atomic mass is 9.96. The van der Waals surface area contributed by atoms with Crippen molar-refractivity contribution >= 4 is 17.7 Å². The Morgan fingerprint density at radius 3 is 2.27 bits per heavy atom. The van der Waals surface area contributed by atoms with Crippen molar-refractivity contribution in [3.8, 4) is 0 Å². The number of allylic oxidation sites excluding steroid dienone is 7. The Labute approximate surface area is 195 Å². The van der Waals surface area contributed by atoms with Crippen LogP contribution in [0.25, 0.3) is 0 Å². The first-order valence-electron chi connectivity index (χ1n) is 10.5. The molecular weight excluding hydrogens is 427 g/mol. The second-order valence-corrected chi connectivity index (χ2v) is 7.19. The number of nitrogens with two attached hydrogens (primary N) is 1. The molecule has 1 aliphatic heterocycles. The monoisotopic (exact) mass is 462 g/mol. The van der Waals surface area contributed by atoms with Gasteiger partial charge in [0.1, 0.15) is 5.76 Å². The number of ether oxygens (including phenoxy) is 2. The lowest BCUT2D eigenvalue weighted by molar-refractivity contribution is -0.164. The fraction of sp³-hybridized carbons (Fsp3) is 0.400. The van der Waals surface area contributed by atoms with Crippen LogP contribution in [-0.2, 0) is 23.9 Å². The minimum atomic E-state index is -2.36. The SMILES string of the molecule is C=CC.CC=C(C)C.CCOC(=O)C(F)OC1=C2C(C(=O)C(N)=O)=C(C)N(C)C2C=CC=C1. The van der Waals surface area contributed by atoms with Crippen molar-refractivity contribution in [2.24, 2.45) is 5.73 Å². The van der Waals surface area contributed by atoms with Gasteiger partial charge in [-0.15, -0.1) is 6.58 Å². The predicted molar refractivity (Wildman–Crippen MR) is 127 cm³/mol. The van der Waals surface area contributed by atoms with E-state index in [-0.39, 0.29) is 23.5 Å². The molecule has 0 saturated carbocycles. The molecule has 1 amide bonds. The Kier molecular flexibility index (Phi) is 13.1. The van der Waals surface area contributed by atoms with E-state index in [1.165, 1.54) is 11.6 Å². The van der Waals surface area contributed by atoms with Crippen LogP contribution < -0.4 is 5.73 Å². The van der Waals surface area contributed by atoms with E-state index in [9.17, 15) is 18.8 Å². The molecule has 1 aliphatic carbocycles. The van der Waals surface area contributed by atoms with E-state index in [0.29, 0.717) is 5.70 Å². The van der Waals surface area contributed by atoms with Crippen LogP contribution >= 0.6 is 0 Å². The maximum absolute atomic E-state index is 14.0. The average molecular weight is 463 g/mol. The van der Waals surface area contributed by atoms with Gasteiger partial charge in [0.05, 0.1) is 18.2 Å². The summed E-state index contributed by atoms with van der Waals surface area (Å²) in [4.78, 5) is 36.9. The predicted octanol–water partition coefficient (Wildman–Crippen LogP) is 4.05. The molecular formula is C25H35FN2O5. The third-order valence-corrected chi connectivity index (χ3v) is 4.52. The molecule has 0 fully saturated rings. The number of carbonyl (C=O) groups is 3. The van der Waals surface area contributed by atoms with Crippen LogP contribution in [0, 0.1) is 0 Å². The van der Waals surface area contributed by atoms with Crippen LogP contribution in [0.1, 0.15) is 41.5 Å². The number of Topliss-reactive ketones (excluding diaryl/α,β-unsaturated/α-hetero) is 1. The van der Waals surface area contributed by atoms with Gasteiger partial charge in [0.25, 0.3) is 11.7 Å². The molecule has 2 rings (SSSR count). The van der Waals surface area contributed by atoms with E-state index in [1.807, 2.05) is 13.8 Å². The molecule has 2 aliphatic rings. The summed E-state index contributed by atoms with van der Waals surface area (Å²) in [7, 11) is 1.72. The molecule has 182 valence electrons. The molecule has 33 heavy (non-hydrogen) atoms. The Morgan fingerprint density at radius 2 is 1.82 bits per heavy atom. The lowest BCUT2D eigenvalue weighted by Crippen LogP contribution is -2.28. The van der Waals surface area contributed by atoms with Crippen molar-refractivity contribution in [1.29, 1.82) is 0 Å². The number of rotatable bonds is 6. The highest BCUT2D eigenvalue weighted by atomic mass is 19.1. The van der Waals surface area contributed by atoms with E-state index in [4.69, 9.17) is 10.5 Å². The Bertz CT molecular complexity index is 892. The van der Waals surface area contributed by atoms with Gasteiger partial charge in [-0.3, -0.25) is 9.59 Å². The van der Waals surface area contributed by atoms with E-state index in [2.05, 4.69) is 31.2 Å². The first-order chi connectivity index (χ1) is 15.5. The zero-order valence-electron chi connectivity index (χ0n) is 20.5. The van der Waals surface area contributed by atoms with E-state index >= 15 is 0 Å². The number of hydrogen-bond donors (Lipinski definition) is 1. The standard InChI is InChI=1S/C17H19FN2O5.C5H10.C3H6/c1-4-24-17(23)15(18)25-11-8-6-5-7-10-13(11)12(9(2)20(10)3)14(21)16(19)22;1-4-5(2)3;1-3-2/h5-8,10,15H,4H2,1-3H3,(H2,19,22);4H,1-3H3;3H,1H2,2H3. The molecule has 0 bridgehead atoms. The van der Waals surface area contributed by atoms with Crippen molar-refractivity contribution in [2.45, 2.75) is 53.9 Å². The molecule has 0 radical (unpaired) electrons. The molecule has 0 aromatic heterocycles.